The molecule has 1 aromatic rings. The van der Waals surface area contributed by atoms with Crippen molar-refractivity contribution in [1.82, 2.24) is 0 Å². The summed E-state index contributed by atoms with van der Waals surface area (Å²) in [5, 5.41) is 20.0. The largest absolute Gasteiger partial charge is 0.477 e. The quantitative estimate of drug-likeness (QED) is 0.645. The summed E-state index contributed by atoms with van der Waals surface area (Å²) in [5.74, 6) is -1.56. The molecule has 1 N–H and O–H groups in total. The number of rotatable bonds is 6. The summed E-state index contributed by atoms with van der Waals surface area (Å²) in [6.07, 6.45) is -4.23. The van der Waals surface area contributed by atoms with Crippen molar-refractivity contribution in [1.29, 1.82) is 0 Å². The van der Waals surface area contributed by atoms with Crippen LogP contribution >= 0.6 is 0 Å². The predicted molar refractivity (Wildman–Crippen MR) is 68.6 cm³/mol. The average Bonchev–Trinajstić information content (AvgIpc) is 2.35. The third kappa shape index (κ3) is 4.33. The number of para-hydroxylation sites is 1. The molecule has 21 heavy (non-hydrogen) atoms. The van der Waals surface area contributed by atoms with E-state index in [2.05, 4.69) is 0 Å². The van der Waals surface area contributed by atoms with Crippen molar-refractivity contribution >= 4 is 17.3 Å². The molecule has 0 aromatic heterocycles. The minimum atomic E-state index is -4.55. The number of halogens is 3. The first-order valence-corrected chi connectivity index (χ1v) is 5.99. The van der Waals surface area contributed by atoms with Crippen LogP contribution in [0.25, 0.3) is 0 Å². The van der Waals surface area contributed by atoms with E-state index in [0.29, 0.717) is 6.42 Å². The van der Waals surface area contributed by atoms with Gasteiger partial charge in [-0.1, -0.05) is 13.0 Å². The molecule has 9 heteroatoms. The van der Waals surface area contributed by atoms with Gasteiger partial charge in [-0.15, -0.1) is 0 Å². The lowest BCUT2D eigenvalue weighted by Gasteiger charge is -2.25. The van der Waals surface area contributed by atoms with Crippen LogP contribution in [0.3, 0.4) is 0 Å². The molecule has 116 valence electrons. The van der Waals surface area contributed by atoms with Crippen LogP contribution < -0.4 is 4.90 Å². The Bertz CT molecular complexity index is 546. The van der Waals surface area contributed by atoms with Gasteiger partial charge in [0, 0.05) is 6.54 Å². The molecule has 1 aromatic carbocycles. The molecule has 0 saturated carbocycles. The minimum Gasteiger partial charge on any atom is -0.477 e. The van der Waals surface area contributed by atoms with Gasteiger partial charge in [-0.3, -0.25) is 10.1 Å². The van der Waals surface area contributed by atoms with Gasteiger partial charge >= 0.3 is 17.8 Å². The van der Waals surface area contributed by atoms with Gasteiger partial charge in [-0.05, 0) is 18.6 Å². The monoisotopic (exact) mass is 306 g/mol. The Hall–Kier alpha value is -2.32. The van der Waals surface area contributed by atoms with Crippen LogP contribution in [0.2, 0.25) is 0 Å². The second-order valence-corrected chi connectivity index (χ2v) is 4.27. The topological polar surface area (TPSA) is 83.7 Å². The van der Waals surface area contributed by atoms with E-state index in [-0.39, 0.29) is 12.2 Å². The van der Waals surface area contributed by atoms with Gasteiger partial charge in [0.2, 0.25) is 0 Å². The molecule has 1 rings (SSSR count). The summed E-state index contributed by atoms with van der Waals surface area (Å²) >= 11 is 0. The summed E-state index contributed by atoms with van der Waals surface area (Å²) in [6.45, 7) is 0.157. The van der Waals surface area contributed by atoms with Crippen LogP contribution in [0.5, 0.6) is 0 Å². The van der Waals surface area contributed by atoms with E-state index in [0.717, 1.165) is 17.0 Å². The van der Waals surface area contributed by atoms with Crippen LogP contribution in [0, 0.1) is 10.1 Å². The van der Waals surface area contributed by atoms with Crippen LogP contribution in [0.1, 0.15) is 23.7 Å². The maximum absolute atomic E-state index is 12.6. The summed E-state index contributed by atoms with van der Waals surface area (Å²) in [6, 6.07) is 3.29. The number of alkyl halides is 3. The van der Waals surface area contributed by atoms with Crippen LogP contribution in [0.4, 0.5) is 24.5 Å². The van der Waals surface area contributed by atoms with Gasteiger partial charge in [0.1, 0.15) is 17.8 Å². The van der Waals surface area contributed by atoms with Crippen LogP contribution in [-0.4, -0.2) is 35.3 Å². The highest BCUT2D eigenvalue weighted by molar-refractivity contribution is 5.95. The fraction of sp³-hybridized carbons (Fsp3) is 0.417. The molecule has 0 spiro atoms. The van der Waals surface area contributed by atoms with E-state index in [1.54, 1.807) is 6.92 Å². The first-order valence-electron chi connectivity index (χ1n) is 5.99. The Morgan fingerprint density at radius 1 is 1.43 bits per heavy atom. The van der Waals surface area contributed by atoms with E-state index in [1.807, 2.05) is 0 Å². The molecule has 0 radical (unpaired) electrons. The molecule has 0 heterocycles. The molecule has 0 bridgehead atoms. The maximum atomic E-state index is 12.6. The third-order valence-electron chi connectivity index (χ3n) is 2.63. The highest BCUT2D eigenvalue weighted by Crippen LogP contribution is 2.33. The van der Waals surface area contributed by atoms with Crippen molar-refractivity contribution < 1.29 is 28.0 Å². The Morgan fingerprint density at radius 2 is 2.05 bits per heavy atom. The number of carbonyl (C=O) groups is 1. The number of hydrogen-bond donors (Lipinski definition) is 1. The Kier molecular flexibility index (Phi) is 5.12. The molecule has 0 unspecified atom stereocenters. The van der Waals surface area contributed by atoms with E-state index < -0.39 is 34.9 Å². The second kappa shape index (κ2) is 6.42. The van der Waals surface area contributed by atoms with E-state index in [9.17, 15) is 28.1 Å². The Balaban J connectivity index is 3.40. The fourth-order valence-corrected chi connectivity index (χ4v) is 1.92. The van der Waals surface area contributed by atoms with Crippen molar-refractivity contribution in [2.75, 3.05) is 18.0 Å². The molecule has 0 aliphatic heterocycles. The number of aromatic carboxylic acids is 1. The summed E-state index contributed by atoms with van der Waals surface area (Å²) in [4.78, 5) is 21.8. The zero-order chi connectivity index (χ0) is 16.2. The van der Waals surface area contributed by atoms with Crippen LogP contribution in [0.15, 0.2) is 18.2 Å². The lowest BCUT2D eigenvalue weighted by molar-refractivity contribution is -0.384. The number of carboxylic acids is 1. The van der Waals surface area contributed by atoms with Crippen molar-refractivity contribution in [2.24, 2.45) is 0 Å². The third-order valence-corrected chi connectivity index (χ3v) is 2.63. The van der Waals surface area contributed by atoms with Gasteiger partial charge in [0.05, 0.1) is 4.92 Å². The number of benzene rings is 1. The Morgan fingerprint density at radius 3 is 2.48 bits per heavy atom. The first-order chi connectivity index (χ1) is 9.67. The molecule has 0 saturated heterocycles. The molecule has 0 amide bonds. The smallest absolute Gasteiger partial charge is 0.405 e. The fourth-order valence-electron chi connectivity index (χ4n) is 1.92. The Labute approximate surface area is 117 Å². The van der Waals surface area contributed by atoms with Crippen molar-refractivity contribution in [3.63, 3.8) is 0 Å². The van der Waals surface area contributed by atoms with Crippen molar-refractivity contribution in [3.05, 3.63) is 33.9 Å². The lowest BCUT2D eigenvalue weighted by atomic mass is 10.1. The molecule has 0 fully saturated rings. The molecular formula is C12H13F3N2O4. The van der Waals surface area contributed by atoms with Crippen molar-refractivity contribution in [2.45, 2.75) is 19.5 Å². The molecule has 6 nitrogen and oxygen atoms in total. The second-order valence-electron chi connectivity index (χ2n) is 4.27. The molecule has 0 aliphatic rings. The van der Waals surface area contributed by atoms with Gasteiger partial charge in [-0.2, -0.15) is 13.2 Å². The number of carboxylic acid groups (broad SMARTS) is 1. The number of nitro groups is 1. The minimum absolute atomic E-state index is 0.0799. The summed E-state index contributed by atoms with van der Waals surface area (Å²) < 4.78 is 37.7. The SMILES string of the molecule is CCCN(CC(F)(F)F)c1cccc(C(=O)O)c1[N+](=O)[O-]. The van der Waals surface area contributed by atoms with Gasteiger partial charge in [0.15, 0.2) is 0 Å². The lowest BCUT2D eigenvalue weighted by Crippen LogP contribution is -2.35. The standard InChI is InChI=1S/C12H13F3N2O4/c1-2-6-16(7-12(13,14)15)9-5-3-4-8(11(18)19)10(9)17(20)21/h3-5H,2,6-7H2,1H3,(H,18,19). The predicted octanol–water partition coefficient (Wildman–Crippen LogP) is 3.07. The van der Waals surface area contributed by atoms with E-state index in [1.165, 1.54) is 6.07 Å². The summed E-state index contributed by atoms with van der Waals surface area (Å²) in [5.41, 5.74) is -1.82. The number of nitrogens with zero attached hydrogens (tertiary/aromatic N) is 2. The van der Waals surface area contributed by atoms with E-state index in [4.69, 9.17) is 5.11 Å². The molecule has 0 aliphatic carbocycles. The van der Waals surface area contributed by atoms with Gasteiger partial charge in [0.25, 0.3) is 0 Å². The zero-order valence-electron chi connectivity index (χ0n) is 11.1. The zero-order valence-corrected chi connectivity index (χ0v) is 11.1. The number of hydrogen-bond acceptors (Lipinski definition) is 4. The average molecular weight is 306 g/mol. The maximum Gasteiger partial charge on any atom is 0.405 e. The van der Waals surface area contributed by atoms with Crippen molar-refractivity contribution in [3.8, 4) is 0 Å². The van der Waals surface area contributed by atoms with Gasteiger partial charge < -0.3 is 10.0 Å². The van der Waals surface area contributed by atoms with E-state index >= 15 is 0 Å². The first kappa shape index (κ1) is 16.7. The summed E-state index contributed by atoms with van der Waals surface area (Å²) in [7, 11) is 0. The number of nitro benzene ring substituents is 1. The highest BCUT2D eigenvalue weighted by atomic mass is 19.4. The number of anilines is 1. The normalized spacial score (nSPS) is 11.2. The highest BCUT2D eigenvalue weighted by Gasteiger charge is 2.34. The van der Waals surface area contributed by atoms with Crippen LogP contribution in [-0.2, 0) is 0 Å². The molecule has 0 atom stereocenters. The molecular weight excluding hydrogens is 293 g/mol. The van der Waals surface area contributed by atoms with Gasteiger partial charge in [-0.25, -0.2) is 4.79 Å².